The van der Waals surface area contributed by atoms with E-state index in [0.717, 1.165) is 59.7 Å². The molecule has 2 N–H and O–H groups in total. The van der Waals surface area contributed by atoms with Gasteiger partial charge in [0.15, 0.2) is 5.78 Å². The molecule has 0 radical (unpaired) electrons. The molecule has 1 aliphatic heterocycles. The van der Waals surface area contributed by atoms with Crippen molar-refractivity contribution < 1.29 is 28.6 Å². The Morgan fingerprint density at radius 3 is 2.53 bits per heavy atom. The molecule has 0 saturated heterocycles. The average molecular weight is 639 g/mol. The first kappa shape index (κ1) is 33.6. The SMILES string of the molecule is CN(C)c1ccc2c(-c3ccc(C(=O)NCCCC(=O)COC4CC/C=C/CCC4)cc3C(=O)O)c3ccc(=[N+](C)C)cc-3oc2c1. The number of carbonyl (C=O) groups is 3. The Balaban J connectivity index is 1.34. The molecular formula is C38H44N3O6+. The number of aromatic carboxylic acids is 1. The van der Waals surface area contributed by atoms with Crippen LogP contribution in [0, 0.1) is 0 Å². The van der Waals surface area contributed by atoms with Gasteiger partial charge in [0.1, 0.15) is 32.0 Å². The molecular weight excluding hydrogens is 594 g/mol. The fourth-order valence-corrected chi connectivity index (χ4v) is 5.96. The van der Waals surface area contributed by atoms with Crippen molar-refractivity contribution in [1.29, 1.82) is 0 Å². The van der Waals surface area contributed by atoms with Crippen LogP contribution >= 0.6 is 0 Å². The van der Waals surface area contributed by atoms with Crippen molar-refractivity contribution in [2.24, 2.45) is 0 Å². The Hall–Kier alpha value is -4.76. The van der Waals surface area contributed by atoms with Gasteiger partial charge in [-0.1, -0.05) is 18.2 Å². The van der Waals surface area contributed by atoms with Gasteiger partial charge in [-0.05, 0) is 74.4 Å². The summed E-state index contributed by atoms with van der Waals surface area (Å²) in [5, 5.41) is 14.9. The lowest BCUT2D eigenvalue weighted by atomic mass is 9.89. The van der Waals surface area contributed by atoms with Crippen molar-refractivity contribution in [3.8, 4) is 22.5 Å². The zero-order valence-corrected chi connectivity index (χ0v) is 27.7. The summed E-state index contributed by atoms with van der Waals surface area (Å²) in [6.07, 6.45) is 10.3. The molecule has 2 aromatic rings. The van der Waals surface area contributed by atoms with Gasteiger partial charge in [0.05, 0.1) is 17.7 Å². The second-order valence-electron chi connectivity index (χ2n) is 12.5. The van der Waals surface area contributed by atoms with E-state index >= 15 is 0 Å². The smallest absolute Gasteiger partial charge is 0.336 e. The maximum Gasteiger partial charge on any atom is 0.336 e. The Kier molecular flexibility index (Phi) is 10.9. The van der Waals surface area contributed by atoms with Crippen molar-refractivity contribution in [2.45, 2.75) is 51.0 Å². The first-order valence-corrected chi connectivity index (χ1v) is 16.2. The van der Waals surface area contributed by atoms with E-state index in [0.29, 0.717) is 36.3 Å². The monoisotopic (exact) mass is 638 g/mol. The van der Waals surface area contributed by atoms with Crippen LogP contribution < -0.4 is 20.1 Å². The fraction of sp³-hybridized carbons (Fsp3) is 0.368. The molecule has 1 amide bonds. The van der Waals surface area contributed by atoms with Crippen LogP contribution in [0.25, 0.3) is 33.4 Å². The maximum absolute atomic E-state index is 13.1. The highest BCUT2D eigenvalue weighted by Crippen LogP contribution is 2.42. The zero-order valence-electron chi connectivity index (χ0n) is 27.7. The molecule has 246 valence electrons. The van der Waals surface area contributed by atoms with Gasteiger partial charge in [-0.25, -0.2) is 9.37 Å². The number of ketones is 1. The molecule has 1 unspecified atom stereocenters. The number of carbonyl (C=O) groups excluding carboxylic acids is 2. The van der Waals surface area contributed by atoms with Gasteiger partial charge in [0.25, 0.3) is 5.91 Å². The number of fused-ring (bicyclic) bond motifs is 2. The molecule has 1 atom stereocenters. The van der Waals surface area contributed by atoms with Crippen molar-refractivity contribution in [3.63, 3.8) is 0 Å². The number of carboxylic acid groups (broad SMARTS) is 1. The predicted octanol–water partition coefficient (Wildman–Crippen LogP) is 5.99. The third-order valence-corrected chi connectivity index (χ3v) is 8.62. The number of ether oxygens (including phenoxy) is 1. The van der Waals surface area contributed by atoms with Gasteiger partial charge in [0, 0.05) is 67.0 Å². The summed E-state index contributed by atoms with van der Waals surface area (Å²) in [5.41, 5.74) is 3.78. The molecule has 2 aliphatic carbocycles. The summed E-state index contributed by atoms with van der Waals surface area (Å²) in [5.74, 6) is -0.903. The van der Waals surface area contributed by atoms with E-state index in [4.69, 9.17) is 9.15 Å². The number of Topliss-reactive ketones (excluding diaryl/α,β-unsaturated/α-hetero) is 1. The molecule has 47 heavy (non-hydrogen) atoms. The van der Waals surface area contributed by atoms with Crippen molar-refractivity contribution in [2.75, 3.05) is 46.2 Å². The third kappa shape index (κ3) is 8.16. The number of nitrogens with one attached hydrogen (secondary N) is 1. The Labute approximate surface area is 275 Å². The highest BCUT2D eigenvalue weighted by atomic mass is 16.5. The molecule has 1 heterocycles. The van der Waals surface area contributed by atoms with Crippen LogP contribution in [0.1, 0.15) is 65.7 Å². The molecule has 3 aliphatic rings. The van der Waals surface area contributed by atoms with Gasteiger partial charge < -0.3 is 24.5 Å². The summed E-state index contributed by atoms with van der Waals surface area (Å²) in [4.78, 5) is 40.1. The average Bonchev–Trinajstić information content (AvgIpc) is 3.04. The standard InChI is InChI=1S/C38H43N3O6/c1-40(2)26-15-18-31-34(22-26)47-35-23-27(41(3)4)16-19-32(35)36(31)30-17-14-25(21-33(30)38(44)45)37(43)39-20-10-11-28(42)24-46-29-12-8-6-5-7-9-13-29/h5-6,14-19,21-23,29H,7-13,20,24H2,1-4H3,(H-,39,43,44,45)/p+1/b6-5+. The van der Waals surface area contributed by atoms with E-state index in [1.54, 1.807) is 12.1 Å². The quantitative estimate of drug-likeness (QED) is 0.0899. The molecule has 9 nitrogen and oxygen atoms in total. The summed E-state index contributed by atoms with van der Waals surface area (Å²) in [6.45, 7) is 0.385. The number of hydrogen-bond donors (Lipinski definition) is 2. The number of hydrogen-bond acceptors (Lipinski definition) is 6. The van der Waals surface area contributed by atoms with Crippen LogP contribution in [-0.4, -0.2) is 70.2 Å². The summed E-state index contributed by atoms with van der Waals surface area (Å²) in [7, 11) is 7.79. The first-order chi connectivity index (χ1) is 22.6. The minimum absolute atomic E-state index is 0.0110. The number of amides is 1. The third-order valence-electron chi connectivity index (χ3n) is 8.62. The number of rotatable bonds is 11. The number of carboxylic acids is 1. The van der Waals surface area contributed by atoms with Gasteiger partial charge in [-0.3, -0.25) is 9.59 Å². The molecule has 0 fully saturated rings. The lowest BCUT2D eigenvalue weighted by molar-refractivity contribution is -0.126. The van der Waals surface area contributed by atoms with Gasteiger partial charge in [0.2, 0.25) is 5.36 Å². The predicted molar refractivity (Wildman–Crippen MR) is 185 cm³/mol. The molecule has 2 aromatic carbocycles. The van der Waals surface area contributed by atoms with Crippen LogP contribution in [0.15, 0.2) is 71.2 Å². The van der Waals surface area contributed by atoms with Crippen molar-refractivity contribution >= 4 is 34.3 Å². The normalized spacial score (nSPS) is 15.5. The second kappa shape index (κ2) is 15.2. The molecule has 0 bridgehead atoms. The molecule has 0 spiro atoms. The Morgan fingerprint density at radius 1 is 0.979 bits per heavy atom. The Morgan fingerprint density at radius 2 is 1.77 bits per heavy atom. The van der Waals surface area contributed by atoms with Crippen molar-refractivity contribution in [3.05, 3.63) is 83.2 Å². The van der Waals surface area contributed by atoms with Crippen LogP contribution in [0.2, 0.25) is 0 Å². The topological polar surface area (TPSA) is 112 Å². The minimum Gasteiger partial charge on any atom is -0.478 e. The van der Waals surface area contributed by atoms with E-state index in [2.05, 4.69) is 17.5 Å². The number of anilines is 1. The largest absolute Gasteiger partial charge is 0.478 e. The minimum atomic E-state index is -1.14. The van der Waals surface area contributed by atoms with E-state index < -0.39 is 11.9 Å². The van der Waals surface area contributed by atoms with Crippen LogP contribution in [-0.2, 0) is 9.53 Å². The van der Waals surface area contributed by atoms with E-state index in [1.807, 2.05) is 74.1 Å². The van der Waals surface area contributed by atoms with E-state index in [1.165, 1.54) is 6.07 Å². The lowest BCUT2D eigenvalue weighted by Crippen LogP contribution is -2.26. The van der Waals surface area contributed by atoms with Crippen molar-refractivity contribution in [1.82, 2.24) is 9.89 Å². The lowest BCUT2D eigenvalue weighted by Gasteiger charge is -2.19. The zero-order chi connectivity index (χ0) is 33.5. The molecule has 0 saturated carbocycles. The van der Waals surface area contributed by atoms with Crippen LogP contribution in [0.3, 0.4) is 0 Å². The number of allylic oxidation sites excluding steroid dienone is 2. The highest BCUT2D eigenvalue weighted by Gasteiger charge is 2.24. The van der Waals surface area contributed by atoms with Crippen LogP contribution in [0.5, 0.6) is 0 Å². The molecule has 5 rings (SSSR count). The summed E-state index contributed by atoms with van der Waals surface area (Å²) >= 11 is 0. The van der Waals surface area contributed by atoms with Gasteiger partial charge >= 0.3 is 5.97 Å². The number of nitrogens with zero attached hydrogens (tertiary/aromatic N) is 2. The summed E-state index contributed by atoms with van der Waals surface area (Å²) < 4.78 is 14.2. The van der Waals surface area contributed by atoms with Gasteiger partial charge in [-0.15, -0.1) is 0 Å². The van der Waals surface area contributed by atoms with Crippen LogP contribution in [0.4, 0.5) is 5.69 Å². The first-order valence-electron chi connectivity index (χ1n) is 16.2. The molecule has 9 heteroatoms. The highest BCUT2D eigenvalue weighted by molar-refractivity contribution is 6.09. The fourth-order valence-electron chi connectivity index (χ4n) is 5.96. The van der Waals surface area contributed by atoms with E-state index in [-0.39, 0.29) is 29.6 Å². The molecule has 0 aromatic heterocycles. The maximum atomic E-state index is 13.1. The second-order valence-corrected chi connectivity index (χ2v) is 12.5. The van der Waals surface area contributed by atoms with Gasteiger partial charge in [-0.2, -0.15) is 0 Å². The summed E-state index contributed by atoms with van der Waals surface area (Å²) in [6, 6.07) is 16.5. The Bertz CT molecular complexity index is 1850. The van der Waals surface area contributed by atoms with E-state index in [9.17, 15) is 19.5 Å². The number of benzene rings is 3.